The minimum absolute atomic E-state index is 0.0163. The van der Waals surface area contributed by atoms with E-state index < -0.39 is 5.41 Å². The van der Waals surface area contributed by atoms with Crippen molar-refractivity contribution in [1.82, 2.24) is 15.6 Å². The summed E-state index contributed by atoms with van der Waals surface area (Å²) in [5, 5.41) is 15.4. The highest BCUT2D eigenvalue weighted by atomic mass is 16.2. The van der Waals surface area contributed by atoms with E-state index in [9.17, 15) is 4.79 Å². The molecule has 5 rings (SSSR count). The first-order valence-electron chi connectivity index (χ1n) is 10.8. The molecule has 0 aliphatic carbocycles. The zero-order chi connectivity index (χ0) is 21.8. The summed E-state index contributed by atoms with van der Waals surface area (Å²) < 4.78 is 0. The van der Waals surface area contributed by atoms with E-state index >= 15 is 0 Å². The average molecular weight is 414 g/mol. The van der Waals surface area contributed by atoms with E-state index in [0.717, 1.165) is 51.9 Å². The summed E-state index contributed by atoms with van der Waals surface area (Å²) >= 11 is 0. The molecule has 3 aliphatic rings. The fourth-order valence-electron chi connectivity index (χ4n) is 5.36. The molecule has 158 valence electrons. The van der Waals surface area contributed by atoms with Crippen molar-refractivity contribution in [3.05, 3.63) is 76.9 Å². The molecule has 6 nitrogen and oxygen atoms in total. The number of benzene rings is 1. The van der Waals surface area contributed by atoms with Crippen LogP contribution in [0.25, 0.3) is 11.1 Å². The van der Waals surface area contributed by atoms with Gasteiger partial charge in [0, 0.05) is 35.6 Å². The second kappa shape index (κ2) is 6.87. The van der Waals surface area contributed by atoms with Gasteiger partial charge in [-0.25, -0.2) is 0 Å². The molecule has 1 unspecified atom stereocenters. The Hall–Kier alpha value is -3.28. The first kappa shape index (κ1) is 19.7. The van der Waals surface area contributed by atoms with Crippen molar-refractivity contribution in [1.29, 1.82) is 0 Å². The van der Waals surface area contributed by atoms with Crippen LogP contribution < -0.4 is 10.6 Å². The number of nitrogens with zero attached hydrogens (tertiary/aromatic N) is 3. The van der Waals surface area contributed by atoms with Crippen LogP contribution in [0.4, 0.5) is 0 Å². The van der Waals surface area contributed by atoms with Gasteiger partial charge in [-0.05, 0) is 61.6 Å². The molecule has 3 aliphatic heterocycles. The number of carbonyl (C=O) groups excluding carboxylic acids is 1. The van der Waals surface area contributed by atoms with Crippen LogP contribution in [0.3, 0.4) is 0 Å². The Morgan fingerprint density at radius 2 is 2.06 bits per heavy atom. The SMILES string of the molecule is CC[C@]1(c2cccc(-c3ccncc3C)c2)C2=CN=NC2NC2=C1C(=O)NC(C)(C)C2. The maximum absolute atomic E-state index is 13.5. The Morgan fingerprint density at radius 1 is 1.23 bits per heavy atom. The van der Waals surface area contributed by atoms with Gasteiger partial charge in [0.15, 0.2) is 6.17 Å². The summed E-state index contributed by atoms with van der Waals surface area (Å²) in [5.74, 6) is -0.0163. The molecule has 2 atom stereocenters. The van der Waals surface area contributed by atoms with Gasteiger partial charge in [-0.15, -0.1) is 0 Å². The molecule has 1 amide bonds. The average Bonchev–Trinajstić information content (AvgIpc) is 3.20. The quantitative estimate of drug-likeness (QED) is 0.776. The summed E-state index contributed by atoms with van der Waals surface area (Å²) in [6, 6.07) is 10.6. The number of nitrogens with one attached hydrogen (secondary N) is 2. The fraction of sp³-hybridized carbons (Fsp3) is 0.360. The third-order valence-electron chi connectivity index (χ3n) is 6.72. The lowest BCUT2D eigenvalue weighted by molar-refractivity contribution is -0.120. The van der Waals surface area contributed by atoms with Gasteiger partial charge >= 0.3 is 0 Å². The van der Waals surface area contributed by atoms with E-state index in [1.165, 1.54) is 0 Å². The largest absolute Gasteiger partial charge is 0.362 e. The normalized spacial score (nSPS) is 26.0. The van der Waals surface area contributed by atoms with Crippen LogP contribution in [0.2, 0.25) is 0 Å². The Kier molecular flexibility index (Phi) is 4.36. The zero-order valence-corrected chi connectivity index (χ0v) is 18.4. The lowest BCUT2D eigenvalue weighted by Crippen LogP contribution is -2.58. The molecule has 0 saturated heterocycles. The van der Waals surface area contributed by atoms with Crippen molar-refractivity contribution < 1.29 is 4.79 Å². The topological polar surface area (TPSA) is 78.7 Å². The maximum atomic E-state index is 13.5. The van der Waals surface area contributed by atoms with Gasteiger partial charge in [-0.3, -0.25) is 9.78 Å². The van der Waals surface area contributed by atoms with Crippen LogP contribution in [0.5, 0.6) is 0 Å². The predicted octanol–water partition coefficient (Wildman–Crippen LogP) is 4.54. The monoisotopic (exact) mass is 413 g/mol. The number of pyridine rings is 1. The van der Waals surface area contributed by atoms with Crippen molar-refractivity contribution in [2.45, 2.75) is 57.7 Å². The highest BCUT2D eigenvalue weighted by Gasteiger charge is 2.53. The molecule has 0 spiro atoms. The van der Waals surface area contributed by atoms with E-state index in [0.29, 0.717) is 0 Å². The van der Waals surface area contributed by atoms with Crippen molar-refractivity contribution in [2.24, 2.45) is 10.2 Å². The summed E-state index contributed by atoms with van der Waals surface area (Å²) in [7, 11) is 0. The third-order valence-corrected chi connectivity index (χ3v) is 6.72. The van der Waals surface area contributed by atoms with Crippen LogP contribution in [-0.4, -0.2) is 22.6 Å². The Balaban J connectivity index is 1.75. The molecule has 0 saturated carbocycles. The van der Waals surface area contributed by atoms with Crippen molar-refractivity contribution in [3.63, 3.8) is 0 Å². The number of fused-ring (bicyclic) bond motifs is 1. The van der Waals surface area contributed by atoms with E-state index in [4.69, 9.17) is 0 Å². The minimum Gasteiger partial charge on any atom is -0.362 e. The summed E-state index contributed by atoms with van der Waals surface area (Å²) in [6.07, 6.45) is 6.78. The van der Waals surface area contributed by atoms with Gasteiger partial charge in [0.05, 0.1) is 17.2 Å². The van der Waals surface area contributed by atoms with E-state index in [-0.39, 0.29) is 17.6 Å². The number of aromatic nitrogens is 1. The van der Waals surface area contributed by atoms with Crippen LogP contribution in [0, 0.1) is 6.92 Å². The molecule has 0 fully saturated rings. The molecule has 31 heavy (non-hydrogen) atoms. The molecule has 2 N–H and O–H groups in total. The third kappa shape index (κ3) is 2.92. The standard InChI is InChI=1S/C25H27N5O/c1-5-25(17-8-6-7-16(11-17)18-9-10-26-13-15(18)2)19-14-27-30-22(19)28-20-12-24(3,4)29-23(31)21(20)25/h6-11,13-14,22,28H,5,12H2,1-4H3,(H,29,31)/t22?,25-/m0/s1. The number of hydrogen-bond donors (Lipinski definition) is 2. The lowest BCUT2D eigenvalue weighted by atomic mass is 9.62. The number of carbonyl (C=O) groups is 1. The molecule has 0 bridgehead atoms. The highest BCUT2D eigenvalue weighted by molar-refractivity contribution is 6.00. The molecule has 0 radical (unpaired) electrons. The second-order valence-electron chi connectivity index (χ2n) is 9.26. The molecule has 6 heteroatoms. The summed E-state index contributed by atoms with van der Waals surface area (Å²) in [6.45, 7) is 8.32. The van der Waals surface area contributed by atoms with Crippen molar-refractivity contribution in [2.75, 3.05) is 0 Å². The minimum atomic E-state index is -0.577. The van der Waals surface area contributed by atoms with Gasteiger partial charge in [0.1, 0.15) is 0 Å². The number of rotatable bonds is 3. The zero-order valence-electron chi connectivity index (χ0n) is 18.4. The molecule has 2 aromatic rings. The van der Waals surface area contributed by atoms with Crippen LogP contribution in [-0.2, 0) is 10.2 Å². The number of aryl methyl sites for hydroxylation is 1. The number of amides is 1. The van der Waals surface area contributed by atoms with E-state index in [2.05, 4.69) is 77.8 Å². The van der Waals surface area contributed by atoms with E-state index in [1.54, 1.807) is 0 Å². The Bertz CT molecular complexity index is 1180. The smallest absolute Gasteiger partial charge is 0.250 e. The fourth-order valence-corrected chi connectivity index (χ4v) is 5.36. The van der Waals surface area contributed by atoms with Gasteiger partial charge in [-0.2, -0.15) is 10.2 Å². The van der Waals surface area contributed by atoms with Gasteiger partial charge in [0.25, 0.3) is 5.91 Å². The van der Waals surface area contributed by atoms with E-state index in [1.807, 2.05) is 24.7 Å². The maximum Gasteiger partial charge on any atom is 0.250 e. The van der Waals surface area contributed by atoms with Crippen molar-refractivity contribution >= 4 is 5.91 Å². The highest BCUT2D eigenvalue weighted by Crippen LogP contribution is 2.51. The van der Waals surface area contributed by atoms with Gasteiger partial charge in [0.2, 0.25) is 0 Å². The van der Waals surface area contributed by atoms with Crippen LogP contribution in [0.1, 0.15) is 44.7 Å². The van der Waals surface area contributed by atoms with Crippen LogP contribution in [0.15, 0.2) is 76.0 Å². The molecular weight excluding hydrogens is 386 g/mol. The molecule has 1 aromatic carbocycles. The van der Waals surface area contributed by atoms with Crippen LogP contribution >= 0.6 is 0 Å². The van der Waals surface area contributed by atoms with Crippen molar-refractivity contribution in [3.8, 4) is 11.1 Å². The number of hydrogen-bond acceptors (Lipinski definition) is 5. The lowest BCUT2D eigenvalue weighted by Gasteiger charge is -2.48. The summed E-state index contributed by atoms with van der Waals surface area (Å²) in [4.78, 5) is 17.7. The Labute approximate surface area is 182 Å². The first-order chi connectivity index (χ1) is 14.9. The molecule has 1 aromatic heterocycles. The van der Waals surface area contributed by atoms with Gasteiger partial charge < -0.3 is 10.6 Å². The predicted molar refractivity (Wildman–Crippen MR) is 120 cm³/mol. The summed E-state index contributed by atoms with van der Waals surface area (Å²) in [5.41, 5.74) is 6.40. The first-order valence-corrected chi connectivity index (χ1v) is 10.8. The second-order valence-corrected chi connectivity index (χ2v) is 9.26. The molecular formula is C25H27N5O. The Morgan fingerprint density at radius 3 is 2.84 bits per heavy atom. The molecule has 4 heterocycles. The van der Waals surface area contributed by atoms with Gasteiger partial charge in [-0.1, -0.05) is 25.1 Å². The number of azo groups is 1.